The SMILES string of the molecule is COC1=CC=C2C(=C[NH+]3CCc4cc5c(cc4C3=C2Cc2ccc(C(C)C)cc2)OCO5)C1OCc1ccc(C(C)C)cc1.[Cl-]. The molecule has 0 saturated heterocycles. The van der Waals surface area contributed by atoms with Crippen molar-refractivity contribution >= 4 is 5.70 Å². The van der Waals surface area contributed by atoms with Gasteiger partial charge in [0.25, 0.3) is 0 Å². The Balaban J connectivity index is 0.00000357. The zero-order valence-corrected chi connectivity index (χ0v) is 27.5. The molecule has 1 N–H and O–H groups in total. The van der Waals surface area contributed by atoms with E-state index in [0.717, 1.165) is 42.2 Å². The summed E-state index contributed by atoms with van der Waals surface area (Å²) in [6.07, 6.45) is 8.20. The van der Waals surface area contributed by atoms with Gasteiger partial charge < -0.3 is 31.4 Å². The van der Waals surface area contributed by atoms with Gasteiger partial charge in [-0.3, -0.25) is 4.90 Å². The fourth-order valence-corrected chi connectivity index (χ4v) is 6.82. The van der Waals surface area contributed by atoms with Gasteiger partial charge in [0.2, 0.25) is 6.79 Å². The third-order valence-corrected chi connectivity index (χ3v) is 9.40. The maximum Gasteiger partial charge on any atom is 0.231 e. The first-order chi connectivity index (χ1) is 21.4. The van der Waals surface area contributed by atoms with Crippen molar-refractivity contribution in [1.29, 1.82) is 0 Å². The maximum atomic E-state index is 6.72. The molecular formula is C39H42ClNO4. The fraction of sp³-hybridized carbons (Fsp3) is 0.333. The lowest BCUT2D eigenvalue weighted by atomic mass is 9.79. The largest absolute Gasteiger partial charge is 1.00 e. The number of rotatable bonds is 8. The Labute approximate surface area is 273 Å². The highest BCUT2D eigenvalue weighted by Crippen LogP contribution is 2.43. The van der Waals surface area contributed by atoms with Crippen LogP contribution in [0, 0.1) is 0 Å². The molecule has 2 unspecified atom stereocenters. The van der Waals surface area contributed by atoms with E-state index in [0.29, 0.717) is 18.4 Å². The van der Waals surface area contributed by atoms with Crippen molar-refractivity contribution in [1.82, 2.24) is 0 Å². The monoisotopic (exact) mass is 623 g/mol. The Morgan fingerprint density at radius 2 is 1.49 bits per heavy atom. The van der Waals surface area contributed by atoms with Gasteiger partial charge >= 0.3 is 0 Å². The highest BCUT2D eigenvalue weighted by Gasteiger charge is 2.40. The first-order valence-corrected chi connectivity index (χ1v) is 15.9. The van der Waals surface area contributed by atoms with Gasteiger partial charge in [-0.05, 0) is 63.4 Å². The van der Waals surface area contributed by atoms with Gasteiger partial charge in [-0.25, -0.2) is 0 Å². The molecule has 45 heavy (non-hydrogen) atoms. The van der Waals surface area contributed by atoms with Crippen LogP contribution in [0.25, 0.3) is 5.70 Å². The third kappa shape index (κ3) is 5.97. The van der Waals surface area contributed by atoms with E-state index in [1.165, 1.54) is 55.1 Å². The van der Waals surface area contributed by atoms with Crippen molar-refractivity contribution in [2.45, 2.75) is 65.1 Å². The Morgan fingerprint density at radius 1 is 0.844 bits per heavy atom. The van der Waals surface area contributed by atoms with Crippen LogP contribution in [0.3, 0.4) is 0 Å². The Morgan fingerprint density at radius 3 is 2.13 bits per heavy atom. The molecule has 5 nitrogen and oxygen atoms in total. The second-order valence-corrected chi connectivity index (χ2v) is 12.9. The molecule has 0 fully saturated rings. The predicted molar refractivity (Wildman–Crippen MR) is 174 cm³/mol. The lowest BCUT2D eigenvalue weighted by Crippen LogP contribution is -3.06. The van der Waals surface area contributed by atoms with Gasteiger partial charge in [-0.15, -0.1) is 0 Å². The van der Waals surface area contributed by atoms with Crippen LogP contribution in [0.1, 0.15) is 72.9 Å². The molecule has 0 aromatic heterocycles. The lowest BCUT2D eigenvalue weighted by Gasteiger charge is -2.36. The number of allylic oxidation sites excluding steroid dienone is 3. The van der Waals surface area contributed by atoms with E-state index in [9.17, 15) is 0 Å². The molecule has 0 saturated carbocycles. The van der Waals surface area contributed by atoms with Crippen LogP contribution >= 0.6 is 0 Å². The molecule has 7 rings (SSSR count). The zero-order valence-electron chi connectivity index (χ0n) is 26.8. The van der Waals surface area contributed by atoms with Gasteiger partial charge in [0.15, 0.2) is 11.5 Å². The van der Waals surface area contributed by atoms with E-state index < -0.39 is 0 Å². The van der Waals surface area contributed by atoms with Crippen molar-refractivity contribution in [3.63, 3.8) is 0 Å². The van der Waals surface area contributed by atoms with E-state index in [-0.39, 0.29) is 25.3 Å². The van der Waals surface area contributed by atoms with Crippen molar-refractivity contribution in [3.05, 3.63) is 135 Å². The standard InChI is InChI=1S/C39H41NO4.ClH/c1-24(2)28-10-6-26(7-11-28)18-33-31-14-15-35(41-5)39(42-22-27-8-12-29(13-9-27)25(3)4)34(31)21-40-17-16-30-19-36-37(44-23-43-36)20-32(30)38(33)40;/h6-15,19-21,24-25,39H,16-18,22-23H2,1-5H3;1H. The number of ether oxygens (including phenoxy) is 4. The van der Waals surface area contributed by atoms with Gasteiger partial charge in [0.1, 0.15) is 23.8 Å². The number of methoxy groups -OCH3 is 1. The summed E-state index contributed by atoms with van der Waals surface area (Å²) in [4.78, 5) is 1.35. The van der Waals surface area contributed by atoms with E-state index in [1.807, 2.05) is 0 Å². The molecule has 0 spiro atoms. The summed E-state index contributed by atoms with van der Waals surface area (Å²) in [7, 11) is 1.74. The number of quaternary nitrogens is 1. The molecule has 4 aliphatic rings. The molecule has 0 amide bonds. The minimum absolute atomic E-state index is 0. The van der Waals surface area contributed by atoms with Gasteiger partial charge in [0.05, 0.1) is 20.3 Å². The predicted octanol–water partition coefficient (Wildman–Crippen LogP) is 4.01. The number of hydrogen-bond acceptors (Lipinski definition) is 4. The summed E-state index contributed by atoms with van der Waals surface area (Å²) in [5.41, 5.74) is 12.8. The Kier molecular flexibility index (Phi) is 8.96. The summed E-state index contributed by atoms with van der Waals surface area (Å²) < 4.78 is 24.2. The minimum atomic E-state index is -0.282. The summed E-state index contributed by atoms with van der Waals surface area (Å²) in [5, 5.41) is 0. The van der Waals surface area contributed by atoms with E-state index in [1.54, 1.807) is 7.11 Å². The van der Waals surface area contributed by atoms with Gasteiger partial charge in [-0.1, -0.05) is 82.3 Å². The molecule has 0 bridgehead atoms. The van der Waals surface area contributed by atoms with E-state index in [4.69, 9.17) is 18.9 Å². The lowest BCUT2D eigenvalue weighted by molar-refractivity contribution is -0.771. The summed E-state index contributed by atoms with van der Waals surface area (Å²) in [5.74, 6) is 3.53. The Hall–Kier alpha value is -3.77. The first kappa shape index (κ1) is 31.2. The van der Waals surface area contributed by atoms with Gasteiger partial charge in [0, 0.05) is 29.6 Å². The highest BCUT2D eigenvalue weighted by molar-refractivity contribution is 5.77. The smallest absolute Gasteiger partial charge is 0.231 e. The maximum absolute atomic E-state index is 6.72. The Bertz CT molecular complexity index is 1700. The molecule has 1 aliphatic carbocycles. The molecule has 2 atom stereocenters. The van der Waals surface area contributed by atoms with Crippen molar-refractivity contribution in [2.75, 3.05) is 20.4 Å². The van der Waals surface area contributed by atoms with Crippen LogP contribution in [0.4, 0.5) is 0 Å². The van der Waals surface area contributed by atoms with Gasteiger partial charge in [-0.2, -0.15) is 0 Å². The van der Waals surface area contributed by atoms with Crippen molar-refractivity contribution in [2.24, 2.45) is 0 Å². The second kappa shape index (κ2) is 12.9. The van der Waals surface area contributed by atoms with Crippen LogP contribution < -0.4 is 26.8 Å². The van der Waals surface area contributed by atoms with Crippen LogP contribution in [-0.2, 0) is 28.9 Å². The van der Waals surface area contributed by atoms with Crippen LogP contribution in [-0.4, -0.2) is 26.6 Å². The normalized spacial score (nSPS) is 19.7. The number of nitrogens with one attached hydrogen (secondary N) is 1. The third-order valence-electron chi connectivity index (χ3n) is 9.40. The highest BCUT2D eigenvalue weighted by atomic mass is 35.5. The summed E-state index contributed by atoms with van der Waals surface area (Å²) in [6, 6.07) is 22.3. The molecule has 3 aliphatic heterocycles. The number of hydrogen-bond donors (Lipinski definition) is 1. The topological polar surface area (TPSA) is 41.4 Å². The minimum Gasteiger partial charge on any atom is -1.00 e. The summed E-state index contributed by atoms with van der Waals surface area (Å²) >= 11 is 0. The van der Waals surface area contributed by atoms with E-state index in [2.05, 4.69) is 107 Å². The average Bonchev–Trinajstić information content (AvgIpc) is 3.50. The molecule has 3 aromatic carbocycles. The number of fused-ring (bicyclic) bond motifs is 5. The number of benzene rings is 3. The molecular weight excluding hydrogens is 582 g/mol. The zero-order chi connectivity index (χ0) is 30.4. The average molecular weight is 624 g/mol. The molecule has 234 valence electrons. The molecule has 3 heterocycles. The van der Waals surface area contributed by atoms with Crippen LogP contribution in [0.2, 0.25) is 0 Å². The molecule has 6 heteroatoms. The summed E-state index contributed by atoms with van der Waals surface area (Å²) in [6.45, 7) is 10.7. The van der Waals surface area contributed by atoms with Crippen molar-refractivity contribution in [3.8, 4) is 11.5 Å². The fourth-order valence-electron chi connectivity index (χ4n) is 6.82. The second-order valence-electron chi connectivity index (χ2n) is 12.9. The van der Waals surface area contributed by atoms with Crippen LogP contribution in [0.5, 0.6) is 11.5 Å². The number of halogens is 1. The van der Waals surface area contributed by atoms with E-state index >= 15 is 0 Å². The van der Waals surface area contributed by atoms with Crippen LogP contribution in [0.15, 0.2) is 101 Å². The van der Waals surface area contributed by atoms with Crippen molar-refractivity contribution < 1.29 is 36.3 Å². The quantitative estimate of drug-likeness (QED) is 0.412. The first-order valence-electron chi connectivity index (χ1n) is 15.9. The molecule has 3 aromatic rings. The molecule has 0 radical (unpaired) electrons.